The number of aromatic nitrogens is 2. The van der Waals surface area contributed by atoms with Crippen molar-refractivity contribution < 1.29 is 21.9 Å². The minimum absolute atomic E-state index is 0.0401. The van der Waals surface area contributed by atoms with Crippen LogP contribution in [0.5, 0.6) is 5.75 Å². The Morgan fingerprint density at radius 2 is 1.84 bits per heavy atom. The zero-order valence-corrected chi connectivity index (χ0v) is 22.5. The minimum atomic E-state index is -3.42. The summed E-state index contributed by atoms with van der Waals surface area (Å²) in [5, 5.41) is 4.21. The Balaban J connectivity index is 1.53. The number of hydrogen-bond donors (Lipinski definition) is 0. The molecular weight excluding hydrogens is 538 g/mol. The van der Waals surface area contributed by atoms with Gasteiger partial charge in [-0.05, 0) is 56.5 Å². The molecule has 0 N–H and O–H groups in total. The molecule has 12 heteroatoms. The summed E-state index contributed by atoms with van der Waals surface area (Å²) in [5.74, 6) is -1.42. The summed E-state index contributed by atoms with van der Waals surface area (Å²) in [6.45, 7) is 4.36. The second kappa shape index (κ2) is 10.3. The fourth-order valence-electron chi connectivity index (χ4n) is 4.94. The molecule has 1 atom stereocenters. The average molecular weight is 565 g/mol. The highest BCUT2D eigenvalue weighted by Crippen LogP contribution is 2.39. The zero-order chi connectivity index (χ0) is 27.2. The third-order valence-electron chi connectivity index (χ3n) is 6.94. The maximum atomic E-state index is 14.8. The van der Waals surface area contributed by atoms with Crippen molar-refractivity contribution in [2.75, 3.05) is 31.1 Å². The predicted octanol–water partition coefficient (Wildman–Crippen LogP) is 4.09. The van der Waals surface area contributed by atoms with E-state index >= 15 is 0 Å². The van der Waals surface area contributed by atoms with Crippen LogP contribution in [0.1, 0.15) is 37.5 Å². The molecule has 8 nitrogen and oxygen atoms in total. The molecule has 1 saturated heterocycles. The smallest absolute Gasteiger partial charge is 0.316 e. The maximum Gasteiger partial charge on any atom is 0.316 e. The number of sulfonamides is 1. The van der Waals surface area contributed by atoms with E-state index in [-0.39, 0.29) is 24.4 Å². The van der Waals surface area contributed by atoms with Gasteiger partial charge < -0.3 is 9.64 Å². The van der Waals surface area contributed by atoms with Crippen LogP contribution in [0.25, 0.3) is 5.69 Å². The highest BCUT2D eigenvalue weighted by atomic mass is 35.5. The maximum absolute atomic E-state index is 14.8. The number of hydrogen-bond acceptors (Lipinski definition) is 6. The van der Waals surface area contributed by atoms with Gasteiger partial charge in [0.15, 0.2) is 0 Å². The van der Waals surface area contributed by atoms with E-state index in [1.807, 2.05) is 4.90 Å². The Labute approximate surface area is 224 Å². The number of halogens is 3. The standard InChI is InChI=1S/C26H27ClF2N4O4S/c1-16(2)38(35,36)32-10-8-31(9-11-32)22-15-30-33(20-5-3-4-18(27)13-20)26(34)25(22)37-23-7-6-17-12-19(28)14-21(29)24(17)23/h3-5,12-16,23H,6-11H2,1-2H3. The molecule has 38 heavy (non-hydrogen) atoms. The highest BCUT2D eigenvalue weighted by molar-refractivity contribution is 7.89. The summed E-state index contributed by atoms with van der Waals surface area (Å²) in [7, 11) is -3.42. The van der Waals surface area contributed by atoms with Crippen LogP contribution in [-0.2, 0) is 16.4 Å². The molecule has 1 aliphatic heterocycles. The Morgan fingerprint density at radius 1 is 1.11 bits per heavy atom. The van der Waals surface area contributed by atoms with E-state index in [1.165, 1.54) is 16.6 Å². The third kappa shape index (κ3) is 4.90. The van der Waals surface area contributed by atoms with Crippen LogP contribution in [0.4, 0.5) is 14.5 Å². The molecule has 2 aromatic carbocycles. The van der Waals surface area contributed by atoms with Crippen LogP contribution >= 0.6 is 11.6 Å². The van der Waals surface area contributed by atoms with E-state index in [0.29, 0.717) is 47.9 Å². The van der Waals surface area contributed by atoms with Gasteiger partial charge in [0.2, 0.25) is 15.8 Å². The van der Waals surface area contributed by atoms with Crippen molar-refractivity contribution in [3.05, 3.63) is 80.7 Å². The molecule has 5 rings (SSSR count). The van der Waals surface area contributed by atoms with Crippen molar-refractivity contribution >= 4 is 27.3 Å². The van der Waals surface area contributed by atoms with E-state index in [0.717, 1.165) is 10.7 Å². The first kappa shape index (κ1) is 26.6. The Kier molecular flexibility index (Phi) is 7.19. The molecule has 0 saturated carbocycles. The van der Waals surface area contributed by atoms with Gasteiger partial charge in [-0.1, -0.05) is 17.7 Å². The molecule has 2 heterocycles. The third-order valence-corrected chi connectivity index (χ3v) is 9.45. The van der Waals surface area contributed by atoms with Gasteiger partial charge in [0.05, 0.1) is 17.1 Å². The molecule has 1 fully saturated rings. The topological polar surface area (TPSA) is 84.7 Å². The van der Waals surface area contributed by atoms with Gasteiger partial charge >= 0.3 is 5.56 Å². The van der Waals surface area contributed by atoms with Crippen LogP contribution in [0.2, 0.25) is 5.02 Å². The minimum Gasteiger partial charge on any atom is -0.478 e. The van der Waals surface area contributed by atoms with E-state index < -0.39 is 38.6 Å². The Bertz CT molecular complexity index is 1540. The van der Waals surface area contributed by atoms with Crippen molar-refractivity contribution in [3.8, 4) is 11.4 Å². The first-order valence-electron chi connectivity index (χ1n) is 12.3. The normalized spacial score (nSPS) is 18.2. The number of piperazine rings is 1. The average Bonchev–Trinajstić information content (AvgIpc) is 3.28. The molecule has 0 bridgehead atoms. The second-order valence-electron chi connectivity index (χ2n) is 9.64. The molecule has 3 aromatic rings. The molecule has 1 aliphatic carbocycles. The van der Waals surface area contributed by atoms with Crippen molar-refractivity contribution in [3.63, 3.8) is 0 Å². The van der Waals surface area contributed by atoms with Crippen LogP contribution in [0.15, 0.2) is 47.4 Å². The van der Waals surface area contributed by atoms with Crippen LogP contribution in [0.3, 0.4) is 0 Å². The predicted molar refractivity (Wildman–Crippen MR) is 141 cm³/mol. The van der Waals surface area contributed by atoms with Crippen molar-refractivity contribution in [2.45, 2.75) is 38.0 Å². The molecule has 1 aromatic heterocycles. The van der Waals surface area contributed by atoms with Crippen molar-refractivity contribution in [2.24, 2.45) is 0 Å². The van der Waals surface area contributed by atoms with E-state index in [4.69, 9.17) is 16.3 Å². The number of aryl methyl sites for hydroxylation is 1. The largest absolute Gasteiger partial charge is 0.478 e. The number of nitrogens with zero attached hydrogens (tertiary/aromatic N) is 4. The van der Waals surface area contributed by atoms with Crippen molar-refractivity contribution in [1.29, 1.82) is 0 Å². The second-order valence-corrected chi connectivity index (χ2v) is 12.6. The SMILES string of the molecule is CC(C)S(=O)(=O)N1CCN(c2cnn(-c3cccc(Cl)c3)c(=O)c2OC2CCc3cc(F)cc(F)c32)CC1. The summed E-state index contributed by atoms with van der Waals surface area (Å²) < 4.78 is 62.6. The van der Waals surface area contributed by atoms with Gasteiger partial charge in [0.25, 0.3) is 0 Å². The van der Waals surface area contributed by atoms with Crippen LogP contribution in [0, 0.1) is 11.6 Å². The van der Waals surface area contributed by atoms with Gasteiger partial charge in [-0.15, -0.1) is 0 Å². The summed E-state index contributed by atoms with van der Waals surface area (Å²) >= 11 is 6.13. The van der Waals surface area contributed by atoms with Gasteiger partial charge in [-0.2, -0.15) is 14.1 Å². The lowest BCUT2D eigenvalue weighted by Crippen LogP contribution is -2.50. The number of anilines is 1. The lowest BCUT2D eigenvalue weighted by atomic mass is 10.1. The Morgan fingerprint density at radius 3 is 2.53 bits per heavy atom. The molecule has 0 spiro atoms. The fraction of sp³-hybridized carbons (Fsp3) is 0.385. The highest BCUT2D eigenvalue weighted by Gasteiger charge is 2.34. The number of rotatable bonds is 6. The van der Waals surface area contributed by atoms with Crippen LogP contribution < -0.4 is 15.2 Å². The quantitative estimate of drug-likeness (QED) is 0.448. The van der Waals surface area contributed by atoms with Gasteiger partial charge in [-0.3, -0.25) is 4.79 Å². The lowest BCUT2D eigenvalue weighted by molar-refractivity contribution is 0.199. The van der Waals surface area contributed by atoms with Gasteiger partial charge in [0.1, 0.15) is 23.4 Å². The van der Waals surface area contributed by atoms with E-state index in [9.17, 15) is 22.0 Å². The molecule has 2 aliphatic rings. The van der Waals surface area contributed by atoms with Gasteiger partial charge in [-0.25, -0.2) is 17.2 Å². The monoisotopic (exact) mass is 564 g/mol. The van der Waals surface area contributed by atoms with Crippen LogP contribution in [-0.4, -0.2) is 53.9 Å². The number of benzene rings is 2. The number of ether oxygens (including phenoxy) is 1. The van der Waals surface area contributed by atoms with E-state index in [1.54, 1.807) is 38.1 Å². The molecular formula is C26H27ClF2N4O4S. The van der Waals surface area contributed by atoms with Crippen molar-refractivity contribution in [1.82, 2.24) is 14.1 Å². The fourth-order valence-corrected chi connectivity index (χ4v) is 6.39. The summed E-state index contributed by atoms with van der Waals surface area (Å²) in [6, 6.07) is 8.71. The first-order valence-corrected chi connectivity index (χ1v) is 14.2. The number of fused-ring (bicyclic) bond motifs is 1. The zero-order valence-electron chi connectivity index (χ0n) is 20.9. The summed E-state index contributed by atoms with van der Waals surface area (Å²) in [5.41, 5.74) is 0.970. The molecule has 0 radical (unpaired) electrons. The molecule has 202 valence electrons. The first-order chi connectivity index (χ1) is 18.1. The molecule has 1 unspecified atom stereocenters. The van der Waals surface area contributed by atoms with E-state index in [2.05, 4.69) is 5.10 Å². The van der Waals surface area contributed by atoms with Gasteiger partial charge in [0, 0.05) is 42.8 Å². The summed E-state index contributed by atoms with van der Waals surface area (Å²) in [4.78, 5) is 15.6. The Hall–Kier alpha value is -3.02. The lowest BCUT2D eigenvalue weighted by Gasteiger charge is -2.36. The summed E-state index contributed by atoms with van der Waals surface area (Å²) in [6.07, 6.45) is 1.47. The molecule has 0 amide bonds.